The molecule has 0 atom stereocenters. The van der Waals surface area contributed by atoms with Crippen molar-refractivity contribution in [3.63, 3.8) is 0 Å². The molecule has 2 heterocycles. The molecular formula is C21H21N5O. The third-order valence-electron chi connectivity index (χ3n) is 4.57. The van der Waals surface area contributed by atoms with Crippen LogP contribution >= 0.6 is 0 Å². The Morgan fingerprint density at radius 2 is 1.78 bits per heavy atom. The molecule has 1 aliphatic heterocycles. The van der Waals surface area contributed by atoms with Gasteiger partial charge < -0.3 is 10.6 Å². The van der Waals surface area contributed by atoms with Gasteiger partial charge in [-0.25, -0.2) is 4.99 Å². The van der Waals surface area contributed by atoms with E-state index in [-0.39, 0.29) is 5.56 Å². The molecule has 4 rings (SSSR count). The molecule has 0 spiro atoms. The molecule has 3 aromatic rings. The highest BCUT2D eigenvalue weighted by molar-refractivity contribution is 6.03. The molecule has 2 aromatic carbocycles. The van der Waals surface area contributed by atoms with Crippen molar-refractivity contribution in [3.05, 3.63) is 82.1 Å². The van der Waals surface area contributed by atoms with Gasteiger partial charge in [0, 0.05) is 26.6 Å². The van der Waals surface area contributed by atoms with Gasteiger partial charge in [0.15, 0.2) is 11.5 Å². The van der Waals surface area contributed by atoms with Gasteiger partial charge in [0.25, 0.3) is 5.56 Å². The minimum absolute atomic E-state index is 0.168. The Kier molecular flexibility index (Phi) is 4.70. The number of rotatable bonds is 4. The fourth-order valence-corrected chi connectivity index (χ4v) is 3.08. The van der Waals surface area contributed by atoms with Crippen LogP contribution in [-0.2, 0) is 13.6 Å². The summed E-state index contributed by atoms with van der Waals surface area (Å²) in [5, 5.41) is 6.50. The molecule has 0 radical (unpaired) electrons. The smallest absolute Gasteiger partial charge is 0.282 e. The zero-order chi connectivity index (χ0) is 18.6. The van der Waals surface area contributed by atoms with Crippen LogP contribution in [0.2, 0.25) is 0 Å². The second kappa shape index (κ2) is 7.45. The van der Waals surface area contributed by atoms with E-state index in [2.05, 4.69) is 20.6 Å². The number of hydrogen-bond acceptors (Lipinski definition) is 5. The monoisotopic (exact) mass is 359 g/mol. The maximum atomic E-state index is 12.9. The quantitative estimate of drug-likeness (QED) is 0.750. The Bertz CT molecular complexity index is 1030. The van der Waals surface area contributed by atoms with Crippen molar-refractivity contribution in [1.29, 1.82) is 0 Å². The van der Waals surface area contributed by atoms with E-state index in [1.165, 1.54) is 4.57 Å². The Hall–Kier alpha value is -3.41. The molecule has 6 heteroatoms. The first-order chi connectivity index (χ1) is 13.2. The third-order valence-corrected chi connectivity index (χ3v) is 4.57. The van der Waals surface area contributed by atoms with Crippen LogP contribution in [0.25, 0.3) is 0 Å². The van der Waals surface area contributed by atoms with E-state index in [0.29, 0.717) is 30.5 Å². The highest BCUT2D eigenvalue weighted by Crippen LogP contribution is 2.24. The molecule has 6 nitrogen and oxygen atoms in total. The van der Waals surface area contributed by atoms with Crippen molar-refractivity contribution in [1.82, 2.24) is 9.55 Å². The SMILES string of the molecule is Cn1c(NCc2ccccc2)nc2c(c1=O)N=C(c1ccccc1)CCN2. The van der Waals surface area contributed by atoms with Gasteiger partial charge in [0.05, 0.1) is 5.71 Å². The zero-order valence-electron chi connectivity index (χ0n) is 15.1. The van der Waals surface area contributed by atoms with Gasteiger partial charge >= 0.3 is 0 Å². The number of fused-ring (bicyclic) bond motifs is 1. The molecule has 2 N–H and O–H groups in total. The van der Waals surface area contributed by atoms with Crippen molar-refractivity contribution >= 4 is 23.2 Å². The Morgan fingerprint density at radius 1 is 1.07 bits per heavy atom. The molecule has 136 valence electrons. The molecule has 0 saturated carbocycles. The summed E-state index contributed by atoms with van der Waals surface area (Å²) in [6.45, 7) is 1.28. The van der Waals surface area contributed by atoms with E-state index in [9.17, 15) is 4.79 Å². The summed E-state index contributed by atoms with van der Waals surface area (Å²) in [6, 6.07) is 20.0. The first-order valence-electron chi connectivity index (χ1n) is 8.98. The topological polar surface area (TPSA) is 71.3 Å². The molecular weight excluding hydrogens is 338 g/mol. The number of nitrogens with zero attached hydrogens (tertiary/aromatic N) is 3. The van der Waals surface area contributed by atoms with Gasteiger partial charge in [0.1, 0.15) is 0 Å². The second-order valence-electron chi connectivity index (χ2n) is 6.44. The van der Waals surface area contributed by atoms with E-state index >= 15 is 0 Å². The van der Waals surface area contributed by atoms with Crippen LogP contribution in [0.1, 0.15) is 17.5 Å². The lowest BCUT2D eigenvalue weighted by atomic mass is 10.1. The standard InChI is InChI=1S/C21H21N5O/c1-26-20(27)18-19(25-21(26)23-14-15-8-4-2-5-9-15)22-13-12-17(24-18)16-10-6-3-7-11-16/h2-11,22H,12-14H2,1H3,(H,23,25). The number of nitrogens with one attached hydrogen (secondary N) is 2. The predicted molar refractivity (Wildman–Crippen MR) is 109 cm³/mol. The van der Waals surface area contributed by atoms with Gasteiger partial charge in [-0.1, -0.05) is 60.7 Å². The number of anilines is 2. The van der Waals surface area contributed by atoms with E-state index in [0.717, 1.165) is 23.3 Å². The number of aromatic nitrogens is 2. The van der Waals surface area contributed by atoms with Gasteiger partial charge in [-0.15, -0.1) is 0 Å². The molecule has 1 aromatic heterocycles. The predicted octanol–water partition coefficient (Wildman–Crippen LogP) is 3.33. The minimum Gasteiger partial charge on any atom is -0.368 e. The van der Waals surface area contributed by atoms with Crippen LogP contribution in [-0.4, -0.2) is 21.8 Å². The van der Waals surface area contributed by atoms with Crippen molar-refractivity contribution in [2.75, 3.05) is 17.2 Å². The Morgan fingerprint density at radius 3 is 2.52 bits per heavy atom. The molecule has 0 amide bonds. The molecule has 0 saturated heterocycles. The first-order valence-corrected chi connectivity index (χ1v) is 8.98. The Balaban J connectivity index is 1.68. The Labute approximate surface area is 157 Å². The highest BCUT2D eigenvalue weighted by atomic mass is 16.1. The van der Waals surface area contributed by atoms with E-state index < -0.39 is 0 Å². The average molecular weight is 359 g/mol. The number of aliphatic imine (C=N–C) groups is 1. The fraction of sp³-hybridized carbons (Fsp3) is 0.190. The molecule has 1 aliphatic rings. The van der Waals surface area contributed by atoms with Crippen LogP contribution < -0.4 is 16.2 Å². The maximum Gasteiger partial charge on any atom is 0.282 e. The van der Waals surface area contributed by atoms with Crippen molar-refractivity contribution in [3.8, 4) is 0 Å². The highest BCUT2D eigenvalue weighted by Gasteiger charge is 2.18. The molecule has 0 fully saturated rings. The molecule has 0 aliphatic carbocycles. The van der Waals surface area contributed by atoms with Gasteiger partial charge in [-0.2, -0.15) is 4.98 Å². The van der Waals surface area contributed by atoms with Crippen LogP contribution in [0.4, 0.5) is 17.5 Å². The van der Waals surface area contributed by atoms with E-state index in [1.54, 1.807) is 7.05 Å². The van der Waals surface area contributed by atoms with E-state index in [1.807, 2.05) is 60.7 Å². The van der Waals surface area contributed by atoms with Crippen molar-refractivity contribution < 1.29 is 0 Å². The maximum absolute atomic E-state index is 12.9. The number of benzene rings is 2. The van der Waals surface area contributed by atoms with Crippen LogP contribution in [0, 0.1) is 0 Å². The largest absolute Gasteiger partial charge is 0.368 e. The summed E-state index contributed by atoms with van der Waals surface area (Å²) in [5.74, 6) is 1.05. The second-order valence-corrected chi connectivity index (χ2v) is 6.44. The molecule has 0 unspecified atom stereocenters. The van der Waals surface area contributed by atoms with E-state index in [4.69, 9.17) is 0 Å². The van der Waals surface area contributed by atoms with Gasteiger partial charge in [0.2, 0.25) is 5.95 Å². The number of hydrogen-bond donors (Lipinski definition) is 2. The summed E-state index contributed by atoms with van der Waals surface area (Å²) < 4.78 is 1.51. The fourth-order valence-electron chi connectivity index (χ4n) is 3.08. The van der Waals surface area contributed by atoms with Crippen LogP contribution in [0.5, 0.6) is 0 Å². The first kappa shape index (κ1) is 17.0. The van der Waals surface area contributed by atoms with Crippen molar-refractivity contribution in [2.24, 2.45) is 12.0 Å². The lowest BCUT2D eigenvalue weighted by Crippen LogP contribution is -2.23. The minimum atomic E-state index is -0.168. The summed E-state index contributed by atoms with van der Waals surface area (Å²) in [6.07, 6.45) is 0.732. The normalized spacial score (nSPS) is 13.1. The molecule has 0 bridgehead atoms. The van der Waals surface area contributed by atoms with Crippen LogP contribution in [0.3, 0.4) is 0 Å². The van der Waals surface area contributed by atoms with Gasteiger partial charge in [-0.05, 0) is 11.1 Å². The summed E-state index contributed by atoms with van der Waals surface area (Å²) >= 11 is 0. The molecule has 27 heavy (non-hydrogen) atoms. The van der Waals surface area contributed by atoms with Crippen molar-refractivity contribution in [2.45, 2.75) is 13.0 Å². The summed E-state index contributed by atoms with van der Waals surface area (Å²) in [5.41, 5.74) is 3.24. The summed E-state index contributed by atoms with van der Waals surface area (Å²) in [7, 11) is 1.71. The summed E-state index contributed by atoms with van der Waals surface area (Å²) in [4.78, 5) is 22.2. The lowest BCUT2D eigenvalue weighted by molar-refractivity contribution is 0.823. The lowest BCUT2D eigenvalue weighted by Gasteiger charge is -2.13. The zero-order valence-corrected chi connectivity index (χ0v) is 15.1. The third kappa shape index (κ3) is 3.60. The van der Waals surface area contributed by atoms with Crippen LogP contribution in [0.15, 0.2) is 70.5 Å². The average Bonchev–Trinajstić information content (AvgIpc) is 2.94. The van der Waals surface area contributed by atoms with Gasteiger partial charge in [-0.3, -0.25) is 9.36 Å².